The van der Waals surface area contributed by atoms with Gasteiger partial charge in [-0.2, -0.15) is 0 Å². The van der Waals surface area contributed by atoms with Gasteiger partial charge in [0.25, 0.3) is 0 Å². The minimum Gasteiger partial charge on any atom is -0.485 e. The number of anilines is 1. The summed E-state index contributed by atoms with van der Waals surface area (Å²) in [6.45, 7) is -0.151. The summed E-state index contributed by atoms with van der Waals surface area (Å²) in [4.78, 5) is 38.9. The zero-order valence-corrected chi connectivity index (χ0v) is 15.8. The van der Waals surface area contributed by atoms with Gasteiger partial charge in [-0.15, -0.1) is 0 Å². The van der Waals surface area contributed by atoms with Crippen molar-refractivity contribution >= 4 is 34.9 Å². The highest BCUT2D eigenvalue weighted by molar-refractivity contribution is 6.30. The van der Waals surface area contributed by atoms with Gasteiger partial charge < -0.3 is 4.74 Å². The summed E-state index contributed by atoms with van der Waals surface area (Å²) >= 11 is 5.83. The first-order valence-corrected chi connectivity index (χ1v) is 9.47. The number of ether oxygens (including phenoxy) is 1. The molecule has 0 radical (unpaired) electrons. The molecule has 2 aromatic carbocycles. The Bertz CT molecular complexity index is 941. The van der Waals surface area contributed by atoms with E-state index in [4.69, 9.17) is 16.3 Å². The van der Waals surface area contributed by atoms with Gasteiger partial charge in [0, 0.05) is 16.7 Å². The summed E-state index contributed by atoms with van der Waals surface area (Å²) in [5, 5.41) is 0.556. The molecule has 0 bridgehead atoms. The Hall–Kier alpha value is -2.92. The molecule has 1 saturated heterocycles. The highest BCUT2D eigenvalue weighted by Crippen LogP contribution is 2.38. The molecule has 2 atom stereocenters. The molecule has 1 heterocycles. The standard InChI is InChI=1S/C22H18ClNO4/c23-15-10-8-14(9-11-15)20(25)13-28-17-5-3-4-16(12-17)24-21(26)18-6-1-2-7-19(18)22(24)27/h1-5,8-12,18-19H,6-7,13H2/t18-,19-/m1/s1. The predicted octanol–water partition coefficient (Wildman–Crippen LogP) is 4.06. The van der Waals surface area contributed by atoms with Crippen LogP contribution in [0.4, 0.5) is 5.69 Å². The van der Waals surface area contributed by atoms with Gasteiger partial charge in [-0.25, -0.2) is 4.90 Å². The number of benzene rings is 2. The summed E-state index contributed by atoms with van der Waals surface area (Å²) in [6.07, 6.45) is 5.10. The minimum absolute atomic E-state index is 0.151. The number of Topliss-reactive ketones (excluding diaryl/α,β-unsaturated/α-hetero) is 1. The number of hydrogen-bond donors (Lipinski definition) is 0. The first kappa shape index (κ1) is 18.4. The van der Waals surface area contributed by atoms with E-state index in [1.807, 2.05) is 12.2 Å². The van der Waals surface area contributed by atoms with E-state index in [1.165, 1.54) is 4.90 Å². The van der Waals surface area contributed by atoms with Crippen LogP contribution in [0, 0.1) is 11.8 Å². The molecule has 0 N–H and O–H groups in total. The molecule has 1 fully saturated rings. The average molecular weight is 396 g/mol. The molecule has 2 amide bonds. The number of imide groups is 1. The second-order valence-corrected chi connectivity index (χ2v) is 7.32. The molecule has 0 aromatic heterocycles. The molecule has 0 saturated carbocycles. The largest absolute Gasteiger partial charge is 0.485 e. The lowest BCUT2D eigenvalue weighted by Crippen LogP contribution is -2.30. The zero-order chi connectivity index (χ0) is 19.7. The molecule has 6 heteroatoms. The lowest BCUT2D eigenvalue weighted by Gasteiger charge is -2.16. The first-order chi connectivity index (χ1) is 13.5. The molecule has 0 unspecified atom stereocenters. The van der Waals surface area contributed by atoms with Crippen LogP contribution < -0.4 is 9.64 Å². The predicted molar refractivity (Wildman–Crippen MR) is 106 cm³/mol. The molecular weight excluding hydrogens is 378 g/mol. The van der Waals surface area contributed by atoms with Gasteiger partial charge in [0.05, 0.1) is 17.5 Å². The SMILES string of the molecule is O=C(COc1cccc(N2C(=O)[C@@H]3CC=CC[C@H]3C2=O)c1)c1ccc(Cl)cc1. The van der Waals surface area contributed by atoms with E-state index in [0.29, 0.717) is 34.9 Å². The van der Waals surface area contributed by atoms with Crippen molar-refractivity contribution in [1.82, 2.24) is 0 Å². The third-order valence-corrected chi connectivity index (χ3v) is 5.37. The number of hydrogen-bond acceptors (Lipinski definition) is 4. The van der Waals surface area contributed by atoms with Crippen LogP contribution in [0.1, 0.15) is 23.2 Å². The summed E-state index contributed by atoms with van der Waals surface area (Å²) in [7, 11) is 0. The fraction of sp³-hybridized carbons (Fsp3) is 0.227. The van der Waals surface area contributed by atoms with Gasteiger partial charge in [-0.1, -0.05) is 29.8 Å². The van der Waals surface area contributed by atoms with Crippen LogP contribution in [0.5, 0.6) is 5.75 Å². The highest BCUT2D eigenvalue weighted by atomic mass is 35.5. The van der Waals surface area contributed by atoms with Gasteiger partial charge in [0.15, 0.2) is 12.4 Å². The molecular formula is C22H18ClNO4. The number of amides is 2. The second kappa shape index (κ2) is 7.60. The number of fused-ring (bicyclic) bond motifs is 1. The smallest absolute Gasteiger partial charge is 0.238 e. The number of ketones is 1. The van der Waals surface area contributed by atoms with Crippen LogP contribution in [0.25, 0.3) is 0 Å². The van der Waals surface area contributed by atoms with Gasteiger partial charge >= 0.3 is 0 Å². The summed E-state index contributed by atoms with van der Waals surface area (Å²) < 4.78 is 5.60. The van der Waals surface area contributed by atoms with E-state index in [1.54, 1.807) is 48.5 Å². The van der Waals surface area contributed by atoms with Crippen LogP contribution in [0.2, 0.25) is 5.02 Å². The number of carbonyl (C=O) groups excluding carboxylic acids is 3. The molecule has 1 aliphatic heterocycles. The number of rotatable bonds is 5. The van der Waals surface area contributed by atoms with Crippen molar-refractivity contribution < 1.29 is 19.1 Å². The van der Waals surface area contributed by atoms with Crippen LogP contribution in [0.3, 0.4) is 0 Å². The molecule has 2 aromatic rings. The lowest BCUT2D eigenvalue weighted by molar-refractivity contribution is -0.122. The quantitative estimate of drug-likeness (QED) is 0.435. The summed E-state index contributed by atoms with van der Waals surface area (Å²) in [5.74, 6) is -0.675. The van der Waals surface area contributed by atoms with E-state index < -0.39 is 0 Å². The number of carbonyl (C=O) groups is 3. The molecule has 0 spiro atoms. The maximum Gasteiger partial charge on any atom is 0.238 e. The van der Waals surface area contributed by atoms with Gasteiger partial charge in [-0.05, 0) is 49.2 Å². The molecule has 2 aliphatic rings. The lowest BCUT2D eigenvalue weighted by atomic mass is 9.85. The van der Waals surface area contributed by atoms with E-state index in [-0.39, 0.29) is 36.0 Å². The number of nitrogens with zero attached hydrogens (tertiary/aromatic N) is 1. The topological polar surface area (TPSA) is 63.7 Å². The summed E-state index contributed by atoms with van der Waals surface area (Å²) in [5.41, 5.74) is 0.975. The molecule has 5 nitrogen and oxygen atoms in total. The summed E-state index contributed by atoms with van der Waals surface area (Å²) in [6, 6.07) is 13.3. The number of allylic oxidation sites excluding steroid dienone is 2. The third-order valence-electron chi connectivity index (χ3n) is 5.12. The van der Waals surface area contributed by atoms with Crippen molar-refractivity contribution in [3.05, 3.63) is 71.3 Å². The van der Waals surface area contributed by atoms with Crippen molar-refractivity contribution in [2.75, 3.05) is 11.5 Å². The molecule has 142 valence electrons. The van der Waals surface area contributed by atoms with Crippen molar-refractivity contribution in [3.63, 3.8) is 0 Å². The zero-order valence-electron chi connectivity index (χ0n) is 15.0. The molecule has 28 heavy (non-hydrogen) atoms. The van der Waals surface area contributed by atoms with E-state index >= 15 is 0 Å². The van der Waals surface area contributed by atoms with Crippen LogP contribution in [0.15, 0.2) is 60.7 Å². The fourth-order valence-electron chi connectivity index (χ4n) is 3.64. The Morgan fingerprint density at radius 1 is 1.00 bits per heavy atom. The van der Waals surface area contributed by atoms with Crippen molar-refractivity contribution in [2.24, 2.45) is 11.8 Å². The first-order valence-electron chi connectivity index (χ1n) is 9.09. The van der Waals surface area contributed by atoms with E-state index in [2.05, 4.69) is 0 Å². The number of halogens is 1. The monoisotopic (exact) mass is 395 g/mol. The van der Waals surface area contributed by atoms with Crippen molar-refractivity contribution in [2.45, 2.75) is 12.8 Å². The van der Waals surface area contributed by atoms with E-state index in [9.17, 15) is 14.4 Å². The van der Waals surface area contributed by atoms with Gasteiger partial charge in [0.1, 0.15) is 5.75 Å². The molecule has 1 aliphatic carbocycles. The Morgan fingerprint density at radius 2 is 1.64 bits per heavy atom. The highest BCUT2D eigenvalue weighted by Gasteiger charge is 2.47. The average Bonchev–Trinajstić information content (AvgIpc) is 2.98. The Morgan fingerprint density at radius 3 is 2.29 bits per heavy atom. The van der Waals surface area contributed by atoms with Crippen LogP contribution in [-0.2, 0) is 9.59 Å². The second-order valence-electron chi connectivity index (χ2n) is 6.88. The Balaban J connectivity index is 1.47. The minimum atomic E-state index is -0.284. The van der Waals surface area contributed by atoms with Crippen LogP contribution in [-0.4, -0.2) is 24.2 Å². The maximum absolute atomic E-state index is 12.7. The normalized spacial score (nSPS) is 21.0. The van der Waals surface area contributed by atoms with Crippen LogP contribution >= 0.6 is 11.6 Å². The third kappa shape index (κ3) is 3.45. The maximum atomic E-state index is 12.7. The van der Waals surface area contributed by atoms with Gasteiger partial charge in [0.2, 0.25) is 11.8 Å². The fourth-order valence-corrected chi connectivity index (χ4v) is 3.76. The van der Waals surface area contributed by atoms with E-state index in [0.717, 1.165) is 0 Å². The van der Waals surface area contributed by atoms with Gasteiger partial charge in [-0.3, -0.25) is 14.4 Å². The Kier molecular flexibility index (Phi) is 5.01. The molecule has 4 rings (SSSR count). The Labute approximate surface area is 167 Å². The van der Waals surface area contributed by atoms with Crippen molar-refractivity contribution in [3.8, 4) is 5.75 Å². The van der Waals surface area contributed by atoms with Crippen molar-refractivity contribution in [1.29, 1.82) is 0 Å².